The van der Waals surface area contributed by atoms with Gasteiger partial charge in [0.25, 0.3) is 0 Å². The highest BCUT2D eigenvalue weighted by Crippen LogP contribution is 2.17. The third-order valence-corrected chi connectivity index (χ3v) is 3.18. The molecule has 2 amide bonds. The fourth-order valence-corrected chi connectivity index (χ4v) is 1.87. The molecule has 1 N–H and O–H groups in total. The van der Waals surface area contributed by atoms with Crippen molar-refractivity contribution in [3.8, 4) is 0 Å². The van der Waals surface area contributed by atoms with Gasteiger partial charge in [-0.15, -0.1) is 0 Å². The smallest absolute Gasteiger partial charge is 0.321 e. The molecule has 0 spiro atoms. The van der Waals surface area contributed by atoms with Crippen molar-refractivity contribution in [1.82, 2.24) is 4.90 Å². The Balaban J connectivity index is 2.61. The first-order valence-corrected chi connectivity index (χ1v) is 7.22. The number of carbonyl (C=O) groups excluding carboxylic acids is 1. The van der Waals surface area contributed by atoms with Crippen molar-refractivity contribution in [1.29, 1.82) is 0 Å². The number of rotatable bonds is 5. The molecule has 1 aromatic rings. The minimum absolute atomic E-state index is 0.0695. The van der Waals surface area contributed by atoms with Crippen LogP contribution in [0.2, 0.25) is 0 Å². The van der Waals surface area contributed by atoms with Crippen LogP contribution in [0.15, 0.2) is 24.3 Å². The van der Waals surface area contributed by atoms with E-state index in [1.807, 2.05) is 49.5 Å². The number of nitrogens with one attached hydrogen (secondary N) is 1. The highest BCUT2D eigenvalue weighted by atomic mass is 32.2. The SMILES string of the molecule is CSCCN(C)C(=O)Nc1cccc(N(C)C)c1. The van der Waals surface area contributed by atoms with Crippen molar-refractivity contribution in [3.05, 3.63) is 24.3 Å². The van der Waals surface area contributed by atoms with Crippen molar-refractivity contribution >= 4 is 29.2 Å². The Labute approximate surface area is 113 Å². The number of nitrogens with zero attached hydrogens (tertiary/aromatic N) is 2. The molecule has 0 unspecified atom stereocenters. The molecule has 0 saturated carbocycles. The predicted molar refractivity (Wildman–Crippen MR) is 80.8 cm³/mol. The molecule has 0 aliphatic rings. The second-order valence-electron chi connectivity index (χ2n) is 4.29. The van der Waals surface area contributed by atoms with Gasteiger partial charge in [-0.3, -0.25) is 0 Å². The van der Waals surface area contributed by atoms with Crippen LogP contribution >= 0.6 is 11.8 Å². The van der Waals surface area contributed by atoms with E-state index in [9.17, 15) is 4.79 Å². The largest absolute Gasteiger partial charge is 0.378 e. The van der Waals surface area contributed by atoms with Crippen LogP contribution in [0.1, 0.15) is 0 Å². The number of hydrogen-bond donors (Lipinski definition) is 1. The third-order valence-electron chi connectivity index (χ3n) is 2.59. The Morgan fingerprint density at radius 3 is 2.67 bits per heavy atom. The number of amides is 2. The van der Waals surface area contributed by atoms with Crippen LogP contribution in [0.25, 0.3) is 0 Å². The number of urea groups is 1. The standard InChI is InChI=1S/C13H21N3OS/c1-15(2)12-7-5-6-11(10-12)14-13(17)16(3)8-9-18-4/h5-7,10H,8-9H2,1-4H3,(H,14,17). The van der Waals surface area contributed by atoms with Crippen LogP contribution in [0.3, 0.4) is 0 Å². The van der Waals surface area contributed by atoms with Gasteiger partial charge in [0.15, 0.2) is 0 Å². The summed E-state index contributed by atoms with van der Waals surface area (Å²) >= 11 is 1.73. The van der Waals surface area contributed by atoms with Gasteiger partial charge in [-0.25, -0.2) is 4.79 Å². The summed E-state index contributed by atoms with van der Waals surface area (Å²) in [5.74, 6) is 0.946. The molecule has 0 bridgehead atoms. The van der Waals surface area contributed by atoms with E-state index >= 15 is 0 Å². The number of carbonyl (C=O) groups is 1. The van der Waals surface area contributed by atoms with E-state index in [4.69, 9.17) is 0 Å². The summed E-state index contributed by atoms with van der Waals surface area (Å²) in [5.41, 5.74) is 1.89. The average Bonchev–Trinajstić information content (AvgIpc) is 2.36. The van der Waals surface area contributed by atoms with Crippen LogP contribution in [0.5, 0.6) is 0 Å². The highest BCUT2D eigenvalue weighted by Gasteiger charge is 2.08. The lowest BCUT2D eigenvalue weighted by molar-refractivity contribution is 0.225. The van der Waals surface area contributed by atoms with Crippen LogP contribution < -0.4 is 10.2 Å². The van der Waals surface area contributed by atoms with Gasteiger partial charge >= 0.3 is 6.03 Å². The van der Waals surface area contributed by atoms with E-state index < -0.39 is 0 Å². The molecule has 0 atom stereocenters. The molecule has 5 heteroatoms. The fraction of sp³-hybridized carbons (Fsp3) is 0.462. The van der Waals surface area contributed by atoms with Gasteiger partial charge in [0.2, 0.25) is 0 Å². The van der Waals surface area contributed by atoms with Crippen molar-refractivity contribution < 1.29 is 4.79 Å². The Kier molecular flexibility index (Phi) is 5.85. The monoisotopic (exact) mass is 267 g/mol. The zero-order valence-corrected chi connectivity index (χ0v) is 12.3. The van der Waals surface area contributed by atoms with Crippen LogP contribution in [-0.2, 0) is 0 Å². The summed E-state index contributed by atoms with van der Waals surface area (Å²) in [6.07, 6.45) is 2.03. The Hall–Kier alpha value is -1.36. The van der Waals surface area contributed by atoms with Crippen molar-refractivity contribution in [2.75, 3.05) is 49.9 Å². The maximum absolute atomic E-state index is 11.9. The van der Waals surface area contributed by atoms with Crippen LogP contribution in [0, 0.1) is 0 Å². The average molecular weight is 267 g/mol. The quantitative estimate of drug-likeness (QED) is 0.890. The molecule has 1 rings (SSSR count). The minimum atomic E-state index is -0.0695. The van der Waals surface area contributed by atoms with Gasteiger partial charge in [-0.1, -0.05) is 6.07 Å². The summed E-state index contributed by atoms with van der Waals surface area (Å²) in [6.45, 7) is 0.750. The first kappa shape index (κ1) is 14.7. The Bertz CT molecular complexity index is 396. The number of benzene rings is 1. The van der Waals surface area contributed by atoms with Gasteiger partial charge < -0.3 is 15.1 Å². The molecule has 18 heavy (non-hydrogen) atoms. The fourth-order valence-electron chi connectivity index (χ4n) is 1.41. The summed E-state index contributed by atoms with van der Waals surface area (Å²) in [4.78, 5) is 15.6. The zero-order valence-electron chi connectivity index (χ0n) is 11.4. The molecule has 1 aromatic carbocycles. The third kappa shape index (κ3) is 4.49. The van der Waals surface area contributed by atoms with Gasteiger partial charge in [0.05, 0.1) is 0 Å². The second-order valence-corrected chi connectivity index (χ2v) is 5.27. The summed E-state index contributed by atoms with van der Waals surface area (Å²) in [6, 6.07) is 7.73. The topological polar surface area (TPSA) is 35.6 Å². The number of anilines is 2. The lowest BCUT2D eigenvalue weighted by atomic mass is 10.2. The van der Waals surface area contributed by atoms with Crippen molar-refractivity contribution in [2.45, 2.75) is 0 Å². The molecule has 100 valence electrons. The molecule has 0 aromatic heterocycles. The molecule has 0 aliphatic carbocycles. The Morgan fingerprint density at radius 2 is 2.06 bits per heavy atom. The van der Waals surface area contributed by atoms with Crippen LogP contribution in [-0.4, -0.2) is 50.6 Å². The lowest BCUT2D eigenvalue weighted by Crippen LogP contribution is -2.33. The number of hydrogen-bond acceptors (Lipinski definition) is 3. The van der Waals surface area contributed by atoms with E-state index in [1.165, 1.54) is 0 Å². The molecular weight excluding hydrogens is 246 g/mol. The summed E-state index contributed by atoms with van der Waals surface area (Å²) in [5, 5.41) is 2.90. The van der Waals surface area contributed by atoms with Crippen molar-refractivity contribution in [2.24, 2.45) is 0 Å². The maximum Gasteiger partial charge on any atom is 0.321 e. The zero-order chi connectivity index (χ0) is 13.5. The first-order chi connectivity index (χ1) is 8.54. The Morgan fingerprint density at radius 1 is 1.33 bits per heavy atom. The van der Waals surface area contributed by atoms with Crippen LogP contribution in [0.4, 0.5) is 16.2 Å². The first-order valence-electron chi connectivity index (χ1n) is 5.83. The van der Waals surface area contributed by atoms with Gasteiger partial charge in [-0.05, 0) is 24.5 Å². The minimum Gasteiger partial charge on any atom is -0.378 e. The van der Waals surface area contributed by atoms with E-state index in [-0.39, 0.29) is 6.03 Å². The van der Waals surface area contributed by atoms with E-state index in [1.54, 1.807) is 23.7 Å². The maximum atomic E-state index is 11.9. The highest BCUT2D eigenvalue weighted by molar-refractivity contribution is 7.98. The molecular formula is C13H21N3OS. The van der Waals surface area contributed by atoms with Gasteiger partial charge in [-0.2, -0.15) is 11.8 Å². The van der Waals surface area contributed by atoms with Gasteiger partial charge in [0, 0.05) is 44.8 Å². The molecule has 0 aliphatic heterocycles. The van der Waals surface area contributed by atoms with Crippen molar-refractivity contribution in [3.63, 3.8) is 0 Å². The molecule has 0 heterocycles. The van der Waals surface area contributed by atoms with E-state index in [0.717, 1.165) is 23.7 Å². The molecule has 4 nitrogen and oxygen atoms in total. The summed E-state index contributed by atoms with van der Waals surface area (Å²) < 4.78 is 0. The van der Waals surface area contributed by atoms with E-state index in [0.29, 0.717) is 0 Å². The van der Waals surface area contributed by atoms with E-state index in [2.05, 4.69) is 5.32 Å². The lowest BCUT2D eigenvalue weighted by Gasteiger charge is -2.18. The normalized spacial score (nSPS) is 10.0. The molecule has 0 radical (unpaired) electrons. The second kappa shape index (κ2) is 7.16. The molecule has 0 saturated heterocycles. The van der Waals surface area contributed by atoms with Gasteiger partial charge in [0.1, 0.15) is 0 Å². The molecule has 0 fully saturated rings. The summed E-state index contributed by atoms with van der Waals surface area (Å²) in [7, 11) is 5.76. The predicted octanol–water partition coefficient (Wildman–Crippen LogP) is 2.58. The number of thioether (sulfide) groups is 1.